The van der Waals surface area contributed by atoms with Gasteiger partial charge in [0, 0.05) is 0 Å². The molecule has 0 spiro atoms. The molecule has 3 rings (SSSR count). The van der Waals surface area contributed by atoms with Gasteiger partial charge in [-0.05, 0) is 40.3 Å². The first-order chi connectivity index (χ1) is 7.84. The van der Waals surface area contributed by atoms with Crippen LogP contribution >= 0.6 is 0 Å². The van der Waals surface area contributed by atoms with E-state index >= 15 is 0 Å². The monoisotopic (exact) mass is 210 g/mol. The second-order valence-corrected chi connectivity index (χ2v) is 3.67. The number of aromatic nitrogens is 4. The lowest BCUT2D eigenvalue weighted by atomic mass is 10.1. The number of nitrogens with zero attached hydrogens (tertiary/aromatic N) is 4. The van der Waals surface area contributed by atoms with E-state index in [1.165, 1.54) is 10.8 Å². The number of aryl methyl sites for hydroxylation is 1. The molecule has 3 aromatic rings. The van der Waals surface area contributed by atoms with Gasteiger partial charge in [-0.3, -0.25) is 0 Å². The van der Waals surface area contributed by atoms with Crippen molar-refractivity contribution in [2.45, 2.75) is 6.92 Å². The van der Waals surface area contributed by atoms with E-state index in [-0.39, 0.29) is 0 Å². The molecule has 0 unspecified atom stereocenters. The number of fused-ring (bicyclic) bond motifs is 1. The van der Waals surface area contributed by atoms with Gasteiger partial charge in [0.15, 0.2) is 5.82 Å². The average Bonchev–Trinajstić information content (AvgIpc) is 2.75. The molecule has 0 N–H and O–H groups in total. The van der Waals surface area contributed by atoms with Crippen LogP contribution in [0.3, 0.4) is 0 Å². The normalized spacial score (nSPS) is 10.8. The molecule has 0 atom stereocenters. The zero-order valence-electron chi connectivity index (χ0n) is 8.83. The number of tetrazole rings is 1. The third kappa shape index (κ3) is 1.35. The van der Waals surface area contributed by atoms with Gasteiger partial charge in [0.2, 0.25) is 0 Å². The van der Waals surface area contributed by atoms with Crippen LogP contribution < -0.4 is 0 Å². The lowest BCUT2D eigenvalue weighted by molar-refractivity contribution is 0.780. The smallest absolute Gasteiger partial charge is 0.153 e. The fraction of sp³-hybridized carbons (Fsp3) is 0.0833. The van der Waals surface area contributed by atoms with Crippen LogP contribution in [0.1, 0.15) is 5.82 Å². The molecule has 0 saturated heterocycles. The molecule has 1 aromatic heterocycles. The Morgan fingerprint density at radius 1 is 1.00 bits per heavy atom. The Bertz CT molecular complexity index is 642. The molecule has 4 nitrogen and oxygen atoms in total. The molecule has 0 aliphatic heterocycles. The molecule has 0 saturated carbocycles. The maximum Gasteiger partial charge on any atom is 0.153 e. The predicted octanol–water partition coefficient (Wildman–Crippen LogP) is 2.12. The summed E-state index contributed by atoms with van der Waals surface area (Å²) in [7, 11) is 0. The molecule has 0 aliphatic rings. The number of hydrogen-bond acceptors (Lipinski definition) is 3. The van der Waals surface area contributed by atoms with E-state index in [0.29, 0.717) is 0 Å². The third-order valence-electron chi connectivity index (χ3n) is 2.60. The van der Waals surface area contributed by atoms with Crippen molar-refractivity contribution in [2.24, 2.45) is 0 Å². The van der Waals surface area contributed by atoms with E-state index < -0.39 is 0 Å². The number of benzene rings is 2. The molecule has 2 aromatic carbocycles. The lowest BCUT2D eigenvalue weighted by Crippen LogP contribution is -1.98. The predicted molar refractivity (Wildman–Crippen MR) is 61.4 cm³/mol. The summed E-state index contributed by atoms with van der Waals surface area (Å²) in [6.45, 7) is 1.88. The Morgan fingerprint density at radius 2 is 1.81 bits per heavy atom. The Kier molecular flexibility index (Phi) is 1.93. The molecule has 0 fully saturated rings. The van der Waals surface area contributed by atoms with Crippen LogP contribution in [0, 0.1) is 6.92 Å². The second-order valence-electron chi connectivity index (χ2n) is 3.67. The highest BCUT2D eigenvalue weighted by Gasteiger charge is 2.03. The van der Waals surface area contributed by atoms with E-state index in [9.17, 15) is 0 Å². The van der Waals surface area contributed by atoms with Gasteiger partial charge < -0.3 is 0 Å². The summed E-state index contributed by atoms with van der Waals surface area (Å²) in [4.78, 5) is 0. The highest BCUT2D eigenvalue weighted by atomic mass is 15.5. The van der Waals surface area contributed by atoms with Gasteiger partial charge in [-0.15, -0.1) is 5.10 Å². The van der Waals surface area contributed by atoms with E-state index in [1.807, 2.05) is 25.1 Å². The summed E-state index contributed by atoms with van der Waals surface area (Å²) in [6.07, 6.45) is 0. The average molecular weight is 210 g/mol. The second kappa shape index (κ2) is 3.41. The fourth-order valence-corrected chi connectivity index (χ4v) is 1.78. The Morgan fingerprint density at radius 3 is 2.56 bits per heavy atom. The van der Waals surface area contributed by atoms with E-state index in [1.54, 1.807) is 4.68 Å². The van der Waals surface area contributed by atoms with Gasteiger partial charge in [-0.1, -0.05) is 30.3 Å². The van der Waals surface area contributed by atoms with Crippen LogP contribution in [0.4, 0.5) is 0 Å². The van der Waals surface area contributed by atoms with Crippen molar-refractivity contribution in [3.63, 3.8) is 0 Å². The molecule has 16 heavy (non-hydrogen) atoms. The van der Waals surface area contributed by atoms with Crippen molar-refractivity contribution < 1.29 is 0 Å². The minimum absolute atomic E-state index is 0.787. The topological polar surface area (TPSA) is 43.6 Å². The largest absolute Gasteiger partial charge is 0.198 e. The highest BCUT2D eigenvalue weighted by molar-refractivity contribution is 5.84. The zero-order valence-corrected chi connectivity index (χ0v) is 8.83. The van der Waals surface area contributed by atoms with Gasteiger partial charge in [-0.2, -0.15) is 4.68 Å². The van der Waals surface area contributed by atoms with Crippen LogP contribution in [-0.2, 0) is 0 Å². The molecule has 0 amide bonds. The molecular formula is C12H10N4. The molecule has 0 bridgehead atoms. The molecule has 0 radical (unpaired) electrons. The minimum atomic E-state index is 0.787. The Hall–Kier alpha value is -2.23. The maximum absolute atomic E-state index is 3.95. The van der Waals surface area contributed by atoms with Crippen molar-refractivity contribution >= 4 is 10.8 Å². The van der Waals surface area contributed by atoms with E-state index in [2.05, 4.69) is 39.8 Å². The van der Waals surface area contributed by atoms with Crippen LogP contribution in [0.25, 0.3) is 16.5 Å². The van der Waals surface area contributed by atoms with E-state index in [4.69, 9.17) is 0 Å². The van der Waals surface area contributed by atoms with Crippen LogP contribution in [0.15, 0.2) is 42.5 Å². The van der Waals surface area contributed by atoms with Gasteiger partial charge in [0.05, 0.1) is 5.69 Å². The summed E-state index contributed by atoms with van der Waals surface area (Å²) in [5.41, 5.74) is 0.987. The van der Waals surface area contributed by atoms with Crippen LogP contribution in [0.5, 0.6) is 0 Å². The third-order valence-corrected chi connectivity index (χ3v) is 2.60. The number of hydrogen-bond donors (Lipinski definition) is 0. The first-order valence-corrected chi connectivity index (χ1v) is 5.09. The summed E-state index contributed by atoms with van der Waals surface area (Å²) in [5, 5.41) is 13.9. The Balaban J connectivity index is 2.23. The molecular weight excluding hydrogens is 200 g/mol. The van der Waals surface area contributed by atoms with Gasteiger partial charge in [-0.25, -0.2) is 0 Å². The van der Waals surface area contributed by atoms with Crippen molar-refractivity contribution in [1.29, 1.82) is 0 Å². The van der Waals surface area contributed by atoms with Gasteiger partial charge in [0.25, 0.3) is 0 Å². The van der Waals surface area contributed by atoms with E-state index in [0.717, 1.165) is 11.5 Å². The van der Waals surface area contributed by atoms with Crippen LogP contribution in [0.2, 0.25) is 0 Å². The summed E-state index contributed by atoms with van der Waals surface area (Å²) >= 11 is 0. The quantitative estimate of drug-likeness (QED) is 0.618. The first kappa shape index (κ1) is 9.03. The summed E-state index contributed by atoms with van der Waals surface area (Å²) in [5.74, 6) is 0.787. The highest BCUT2D eigenvalue weighted by Crippen LogP contribution is 2.17. The molecule has 4 heteroatoms. The molecule has 1 heterocycles. The summed E-state index contributed by atoms with van der Waals surface area (Å²) < 4.78 is 1.73. The molecule has 0 aliphatic carbocycles. The summed E-state index contributed by atoms with van der Waals surface area (Å²) in [6, 6.07) is 14.4. The maximum atomic E-state index is 3.95. The molecule has 78 valence electrons. The standard InChI is InChI=1S/C12H10N4/c1-9-13-14-15-16(9)12-7-6-10-4-2-3-5-11(10)8-12/h2-8H,1H3. The van der Waals surface area contributed by atoms with Crippen molar-refractivity contribution in [1.82, 2.24) is 20.2 Å². The van der Waals surface area contributed by atoms with Gasteiger partial charge >= 0.3 is 0 Å². The van der Waals surface area contributed by atoms with Crippen molar-refractivity contribution in [2.75, 3.05) is 0 Å². The zero-order chi connectivity index (χ0) is 11.0. The minimum Gasteiger partial charge on any atom is -0.198 e. The lowest BCUT2D eigenvalue weighted by Gasteiger charge is -2.03. The van der Waals surface area contributed by atoms with Crippen molar-refractivity contribution in [3.8, 4) is 5.69 Å². The van der Waals surface area contributed by atoms with Crippen LogP contribution in [-0.4, -0.2) is 20.2 Å². The Labute approximate surface area is 92.5 Å². The fourth-order valence-electron chi connectivity index (χ4n) is 1.78. The SMILES string of the molecule is Cc1nnnn1-c1ccc2ccccc2c1. The first-order valence-electron chi connectivity index (χ1n) is 5.09. The number of rotatable bonds is 1. The van der Waals surface area contributed by atoms with Crippen molar-refractivity contribution in [3.05, 3.63) is 48.3 Å². The van der Waals surface area contributed by atoms with Gasteiger partial charge in [0.1, 0.15) is 0 Å².